The van der Waals surface area contributed by atoms with Crippen LogP contribution >= 0.6 is 73.6 Å². The Hall–Kier alpha value is -1.16. The van der Waals surface area contributed by atoms with E-state index in [2.05, 4.69) is 31.2 Å². The first-order chi connectivity index (χ1) is 14.0. The third kappa shape index (κ3) is 5.31. The molecular weight excluding hydrogens is 533 g/mol. The monoisotopic (exact) mass is 543 g/mol. The van der Waals surface area contributed by atoms with E-state index in [1.165, 1.54) is 23.1 Å². The van der Waals surface area contributed by atoms with E-state index in [-0.39, 0.29) is 11.7 Å². The Morgan fingerprint density at radius 1 is 1.14 bits per heavy atom. The fraction of sp³-hybridized carbons (Fsp3) is 0.105. The number of aromatic nitrogens is 2. The van der Waals surface area contributed by atoms with E-state index in [9.17, 15) is 4.79 Å². The smallest absolute Gasteiger partial charge is 0.236 e. The Labute approximate surface area is 197 Å². The first-order valence-electron chi connectivity index (χ1n) is 8.35. The van der Waals surface area contributed by atoms with Gasteiger partial charge in [0, 0.05) is 16.5 Å². The van der Waals surface area contributed by atoms with Crippen molar-refractivity contribution in [2.24, 2.45) is 0 Å². The van der Waals surface area contributed by atoms with Gasteiger partial charge in [-0.05, 0) is 51.8 Å². The van der Waals surface area contributed by atoms with Crippen LogP contribution in [-0.2, 0) is 11.2 Å². The van der Waals surface area contributed by atoms with E-state index in [1.807, 2.05) is 30.3 Å². The van der Waals surface area contributed by atoms with Crippen LogP contribution in [0.15, 0.2) is 50.7 Å². The number of carbonyl (C=O) groups is 1. The number of fused-ring (bicyclic) bond motifs is 1. The second-order valence-electron chi connectivity index (χ2n) is 5.94. The van der Waals surface area contributed by atoms with Crippen LogP contribution in [0.2, 0.25) is 10.0 Å². The minimum absolute atomic E-state index is 0.134. The van der Waals surface area contributed by atoms with E-state index in [4.69, 9.17) is 23.2 Å². The summed E-state index contributed by atoms with van der Waals surface area (Å²) in [4.78, 5) is 22.3. The third-order valence-electron chi connectivity index (χ3n) is 3.89. The van der Waals surface area contributed by atoms with E-state index < -0.39 is 0 Å². The Bertz CT molecular complexity index is 1160. The molecule has 4 rings (SSSR count). The van der Waals surface area contributed by atoms with Gasteiger partial charge in [0.25, 0.3) is 0 Å². The lowest BCUT2D eigenvalue weighted by Gasteiger charge is -2.06. The summed E-state index contributed by atoms with van der Waals surface area (Å²) in [5.41, 5.74) is 1.83. The van der Waals surface area contributed by atoms with Crippen LogP contribution in [0, 0.1) is 0 Å². The number of rotatable bonds is 6. The number of anilines is 1. The predicted octanol–water partition coefficient (Wildman–Crippen LogP) is 7.14. The van der Waals surface area contributed by atoms with Gasteiger partial charge in [-0.15, -0.1) is 22.7 Å². The van der Waals surface area contributed by atoms with Crippen LogP contribution in [0.5, 0.6) is 0 Å². The molecule has 4 nitrogen and oxygen atoms in total. The average molecular weight is 545 g/mol. The number of halogens is 3. The minimum atomic E-state index is -0.134. The van der Waals surface area contributed by atoms with Crippen molar-refractivity contribution in [3.8, 4) is 0 Å². The van der Waals surface area contributed by atoms with Gasteiger partial charge in [-0.1, -0.05) is 47.1 Å². The Morgan fingerprint density at radius 2 is 1.97 bits per heavy atom. The number of amides is 1. The summed E-state index contributed by atoms with van der Waals surface area (Å²) in [5.74, 6) is 0.657. The number of para-hydroxylation sites is 1. The number of nitrogens with one attached hydrogen (secondary N) is 1. The number of nitrogens with zero attached hydrogens (tertiary/aromatic N) is 2. The van der Waals surface area contributed by atoms with Crippen LogP contribution in [0.25, 0.3) is 10.2 Å². The molecule has 0 atom stereocenters. The molecule has 0 unspecified atom stereocenters. The highest BCUT2D eigenvalue weighted by Gasteiger charge is 2.16. The number of carbonyl (C=O) groups excluding carboxylic acids is 1. The maximum atomic E-state index is 12.5. The molecule has 29 heavy (non-hydrogen) atoms. The van der Waals surface area contributed by atoms with Crippen molar-refractivity contribution in [3.05, 3.63) is 66.9 Å². The highest BCUT2D eigenvalue weighted by Crippen LogP contribution is 2.33. The minimum Gasteiger partial charge on any atom is -0.309 e. The zero-order valence-corrected chi connectivity index (χ0v) is 20.2. The van der Waals surface area contributed by atoms with E-state index in [1.54, 1.807) is 23.5 Å². The van der Waals surface area contributed by atoms with Crippen molar-refractivity contribution in [3.63, 3.8) is 0 Å². The predicted molar refractivity (Wildman–Crippen MR) is 128 cm³/mol. The fourth-order valence-electron chi connectivity index (χ4n) is 2.60. The molecule has 0 saturated heterocycles. The Kier molecular flexibility index (Phi) is 6.78. The van der Waals surface area contributed by atoms with Gasteiger partial charge in [-0.3, -0.25) is 4.79 Å². The molecule has 0 fully saturated rings. The van der Waals surface area contributed by atoms with E-state index >= 15 is 0 Å². The van der Waals surface area contributed by atoms with Gasteiger partial charge in [0.15, 0.2) is 8.26 Å². The fourth-order valence-corrected chi connectivity index (χ4v) is 6.37. The number of hydrogen-bond donors (Lipinski definition) is 1. The van der Waals surface area contributed by atoms with Gasteiger partial charge < -0.3 is 5.32 Å². The van der Waals surface area contributed by atoms with E-state index in [0.717, 1.165) is 25.0 Å². The summed E-state index contributed by atoms with van der Waals surface area (Å²) < 4.78 is 2.67. The van der Waals surface area contributed by atoms with Gasteiger partial charge in [0.2, 0.25) is 5.91 Å². The molecule has 1 N–H and O–H groups in total. The zero-order chi connectivity index (χ0) is 20.4. The highest BCUT2D eigenvalue weighted by atomic mass is 79.9. The van der Waals surface area contributed by atoms with Crippen LogP contribution in [0.3, 0.4) is 0 Å². The molecule has 0 aliphatic carbocycles. The maximum Gasteiger partial charge on any atom is 0.236 e. The van der Waals surface area contributed by atoms with Gasteiger partial charge in [0.05, 0.1) is 20.8 Å². The van der Waals surface area contributed by atoms with Crippen LogP contribution in [0.1, 0.15) is 10.4 Å². The van der Waals surface area contributed by atoms with Crippen LogP contribution < -0.4 is 5.32 Å². The third-order valence-corrected chi connectivity index (χ3v) is 8.18. The molecule has 2 aromatic carbocycles. The second kappa shape index (κ2) is 9.32. The van der Waals surface area contributed by atoms with Gasteiger partial charge in [-0.2, -0.15) is 0 Å². The molecule has 2 heterocycles. The first kappa shape index (κ1) is 21.1. The molecule has 0 aliphatic heterocycles. The Balaban J connectivity index is 1.43. The molecule has 0 bridgehead atoms. The van der Waals surface area contributed by atoms with Crippen LogP contribution in [-0.4, -0.2) is 21.6 Å². The highest BCUT2D eigenvalue weighted by molar-refractivity contribution is 9.11. The molecule has 0 spiro atoms. The van der Waals surface area contributed by atoms with Crippen molar-refractivity contribution in [1.29, 1.82) is 0 Å². The number of thioether (sulfide) groups is 1. The van der Waals surface area contributed by atoms with Crippen molar-refractivity contribution >= 4 is 95.5 Å². The van der Waals surface area contributed by atoms with Gasteiger partial charge >= 0.3 is 0 Å². The molecule has 0 saturated carbocycles. The number of hydrogen-bond acceptors (Lipinski definition) is 6. The topological polar surface area (TPSA) is 54.9 Å². The van der Waals surface area contributed by atoms with Crippen LogP contribution in [0.4, 0.5) is 5.82 Å². The summed E-state index contributed by atoms with van der Waals surface area (Å²) in [6.07, 6.45) is 0.531. The first-order valence-corrected chi connectivity index (χ1v) is 12.5. The molecular formula is C19H12BrCl2N3OS3. The molecule has 148 valence electrons. The lowest BCUT2D eigenvalue weighted by atomic mass is 10.1. The van der Waals surface area contributed by atoms with E-state index in [0.29, 0.717) is 26.2 Å². The van der Waals surface area contributed by atoms with Gasteiger partial charge in [-0.25, -0.2) is 9.97 Å². The standard InChI is InChI=1S/C19H12BrCl2N3OS3/c20-18-25-17(15(28-18)8-10-7-11(21)5-6-12(10)22)24-16(26)9-27-19-23-13-3-1-2-4-14(13)29-19/h1-7H,8-9H2,(H,24,26). The summed E-state index contributed by atoms with van der Waals surface area (Å²) >= 11 is 20.2. The maximum absolute atomic E-state index is 12.5. The SMILES string of the molecule is O=C(CSc1nc2ccccc2s1)Nc1nc(Br)sc1Cc1cc(Cl)ccc1Cl. The molecule has 0 radical (unpaired) electrons. The summed E-state index contributed by atoms with van der Waals surface area (Å²) in [5, 5.41) is 4.14. The molecule has 0 aliphatic rings. The van der Waals surface area contributed by atoms with Crippen molar-refractivity contribution in [2.75, 3.05) is 11.1 Å². The summed E-state index contributed by atoms with van der Waals surface area (Å²) in [7, 11) is 0. The molecule has 10 heteroatoms. The van der Waals surface area contributed by atoms with Gasteiger partial charge in [0.1, 0.15) is 5.82 Å². The number of thiazole rings is 2. The molecule has 4 aromatic rings. The average Bonchev–Trinajstić information content (AvgIpc) is 3.25. The van der Waals surface area contributed by atoms with Crippen molar-refractivity contribution in [2.45, 2.75) is 10.8 Å². The molecule has 1 amide bonds. The largest absolute Gasteiger partial charge is 0.309 e. The summed E-state index contributed by atoms with van der Waals surface area (Å²) in [6, 6.07) is 13.3. The quantitative estimate of drug-likeness (QED) is 0.262. The summed E-state index contributed by atoms with van der Waals surface area (Å²) in [6.45, 7) is 0. The lowest BCUT2D eigenvalue weighted by molar-refractivity contribution is -0.113. The van der Waals surface area contributed by atoms with Crippen molar-refractivity contribution < 1.29 is 4.79 Å². The zero-order valence-electron chi connectivity index (χ0n) is 14.6. The lowest BCUT2D eigenvalue weighted by Crippen LogP contribution is -2.15. The number of benzene rings is 2. The molecule has 2 aromatic heterocycles. The Morgan fingerprint density at radius 3 is 2.79 bits per heavy atom. The van der Waals surface area contributed by atoms with Crippen molar-refractivity contribution in [1.82, 2.24) is 9.97 Å². The second-order valence-corrected chi connectivity index (χ2v) is 11.4. The normalized spacial score (nSPS) is 11.1.